The Morgan fingerprint density at radius 1 is 1.16 bits per heavy atom. The number of likely N-dealkylation sites (tertiary alicyclic amines) is 1. The number of hydrogen-bond donors (Lipinski definition) is 0. The van der Waals surface area contributed by atoms with E-state index < -0.39 is 0 Å². The van der Waals surface area contributed by atoms with Crippen molar-refractivity contribution < 1.29 is 19.1 Å². The number of piperidine rings is 2. The molecule has 2 fully saturated rings. The maximum Gasteiger partial charge on any atom is 0.410 e. The number of ether oxygens (including phenoxy) is 2. The summed E-state index contributed by atoms with van der Waals surface area (Å²) in [6, 6.07) is 1.76. The SMILES string of the molecule is COc1cc(N2CCC(N(C)C(=O)OC3CCCN(C(=O)n4ccnc4)C3)CC2)ncn1. The molecular formula is C21H29N7O4. The lowest BCUT2D eigenvalue weighted by Crippen LogP contribution is -2.49. The van der Waals surface area contributed by atoms with Gasteiger partial charge in [-0.05, 0) is 25.7 Å². The number of rotatable bonds is 4. The lowest BCUT2D eigenvalue weighted by Gasteiger charge is -2.38. The van der Waals surface area contributed by atoms with Crippen molar-refractivity contribution in [3.63, 3.8) is 0 Å². The first-order chi connectivity index (χ1) is 15.5. The average Bonchev–Trinajstić information content (AvgIpc) is 3.38. The number of carbonyl (C=O) groups is 2. The highest BCUT2D eigenvalue weighted by Gasteiger charge is 2.31. The number of imidazole rings is 1. The Hall–Kier alpha value is -3.37. The van der Waals surface area contributed by atoms with Crippen molar-refractivity contribution in [1.82, 2.24) is 29.3 Å². The van der Waals surface area contributed by atoms with Crippen LogP contribution in [0.1, 0.15) is 25.7 Å². The largest absolute Gasteiger partial charge is 0.481 e. The summed E-state index contributed by atoms with van der Waals surface area (Å²) in [5, 5.41) is 0. The Balaban J connectivity index is 1.27. The summed E-state index contributed by atoms with van der Waals surface area (Å²) < 4.78 is 12.4. The van der Waals surface area contributed by atoms with Crippen LogP contribution in [-0.4, -0.2) is 93.9 Å². The van der Waals surface area contributed by atoms with Crippen LogP contribution in [0.3, 0.4) is 0 Å². The molecule has 172 valence electrons. The van der Waals surface area contributed by atoms with Crippen LogP contribution in [0.2, 0.25) is 0 Å². The fourth-order valence-electron chi connectivity index (χ4n) is 4.22. The number of aromatic nitrogens is 4. The van der Waals surface area contributed by atoms with Crippen LogP contribution in [-0.2, 0) is 4.74 Å². The number of methoxy groups -OCH3 is 1. The summed E-state index contributed by atoms with van der Waals surface area (Å²) in [6.45, 7) is 2.59. The number of nitrogens with zero attached hydrogens (tertiary/aromatic N) is 7. The molecule has 2 saturated heterocycles. The third-order valence-corrected chi connectivity index (χ3v) is 6.10. The van der Waals surface area contributed by atoms with Crippen molar-refractivity contribution in [2.45, 2.75) is 37.8 Å². The van der Waals surface area contributed by atoms with E-state index in [2.05, 4.69) is 19.9 Å². The summed E-state index contributed by atoms with van der Waals surface area (Å²) >= 11 is 0. The van der Waals surface area contributed by atoms with Crippen LogP contribution < -0.4 is 9.64 Å². The van der Waals surface area contributed by atoms with Crippen LogP contribution in [0.5, 0.6) is 5.88 Å². The van der Waals surface area contributed by atoms with E-state index in [0.717, 1.165) is 44.6 Å². The third-order valence-electron chi connectivity index (χ3n) is 6.10. The second kappa shape index (κ2) is 9.84. The predicted octanol–water partition coefficient (Wildman–Crippen LogP) is 1.85. The van der Waals surface area contributed by atoms with E-state index in [4.69, 9.17) is 9.47 Å². The summed E-state index contributed by atoms with van der Waals surface area (Å²) in [6.07, 6.45) is 8.70. The first-order valence-electron chi connectivity index (χ1n) is 10.9. The predicted molar refractivity (Wildman–Crippen MR) is 116 cm³/mol. The van der Waals surface area contributed by atoms with Crippen LogP contribution in [0, 0.1) is 0 Å². The molecule has 2 aromatic rings. The van der Waals surface area contributed by atoms with Crippen LogP contribution >= 0.6 is 0 Å². The fraction of sp³-hybridized carbons (Fsp3) is 0.571. The molecule has 4 rings (SSSR count). The van der Waals surface area contributed by atoms with Crippen LogP contribution in [0.25, 0.3) is 0 Å². The van der Waals surface area contributed by atoms with Gasteiger partial charge in [-0.1, -0.05) is 0 Å². The van der Waals surface area contributed by atoms with Crippen molar-refractivity contribution in [3.05, 3.63) is 31.1 Å². The molecule has 0 bridgehead atoms. The molecule has 0 aliphatic carbocycles. The first-order valence-corrected chi connectivity index (χ1v) is 10.9. The number of anilines is 1. The Morgan fingerprint density at radius 3 is 2.69 bits per heavy atom. The maximum atomic E-state index is 12.8. The minimum absolute atomic E-state index is 0.0924. The zero-order valence-corrected chi connectivity index (χ0v) is 18.5. The summed E-state index contributed by atoms with van der Waals surface area (Å²) in [7, 11) is 3.37. The van der Waals surface area contributed by atoms with Gasteiger partial charge >= 0.3 is 12.1 Å². The van der Waals surface area contributed by atoms with E-state index in [0.29, 0.717) is 19.0 Å². The molecule has 0 aromatic carbocycles. The summed E-state index contributed by atoms with van der Waals surface area (Å²) in [4.78, 5) is 43.2. The zero-order chi connectivity index (χ0) is 22.5. The molecule has 1 atom stereocenters. The average molecular weight is 444 g/mol. The lowest BCUT2D eigenvalue weighted by atomic mass is 10.0. The van der Waals surface area contributed by atoms with Crippen molar-refractivity contribution in [3.8, 4) is 5.88 Å². The molecular weight excluding hydrogens is 414 g/mol. The highest BCUT2D eigenvalue weighted by Crippen LogP contribution is 2.23. The van der Waals surface area contributed by atoms with Gasteiger partial charge in [0, 0.05) is 51.2 Å². The van der Waals surface area contributed by atoms with E-state index in [1.54, 1.807) is 36.4 Å². The minimum atomic E-state index is -0.339. The molecule has 2 amide bonds. The van der Waals surface area contributed by atoms with E-state index in [1.807, 2.05) is 6.07 Å². The Morgan fingerprint density at radius 2 is 1.97 bits per heavy atom. The first kappa shape index (κ1) is 21.8. The number of carbonyl (C=O) groups excluding carboxylic acids is 2. The fourth-order valence-corrected chi connectivity index (χ4v) is 4.22. The van der Waals surface area contributed by atoms with Crippen molar-refractivity contribution in [2.24, 2.45) is 0 Å². The molecule has 2 aliphatic heterocycles. The maximum absolute atomic E-state index is 12.8. The Kier molecular flexibility index (Phi) is 6.72. The molecule has 0 spiro atoms. The van der Waals surface area contributed by atoms with Crippen molar-refractivity contribution in [2.75, 3.05) is 45.2 Å². The molecule has 2 aliphatic rings. The highest BCUT2D eigenvalue weighted by molar-refractivity contribution is 5.76. The second-order valence-corrected chi connectivity index (χ2v) is 8.09. The normalized spacial score (nSPS) is 19.5. The monoisotopic (exact) mass is 443 g/mol. The lowest BCUT2D eigenvalue weighted by molar-refractivity contribution is 0.0257. The van der Waals surface area contributed by atoms with E-state index in [1.165, 1.54) is 17.2 Å². The van der Waals surface area contributed by atoms with E-state index in [9.17, 15) is 9.59 Å². The molecule has 32 heavy (non-hydrogen) atoms. The van der Waals surface area contributed by atoms with Gasteiger partial charge in [0.1, 0.15) is 24.6 Å². The molecule has 0 saturated carbocycles. The number of amides is 2. The van der Waals surface area contributed by atoms with Gasteiger partial charge in [0.15, 0.2) is 0 Å². The third kappa shape index (κ3) is 4.92. The minimum Gasteiger partial charge on any atom is -0.481 e. The zero-order valence-electron chi connectivity index (χ0n) is 18.5. The van der Waals surface area contributed by atoms with Gasteiger partial charge in [-0.2, -0.15) is 0 Å². The van der Waals surface area contributed by atoms with E-state index in [-0.39, 0.29) is 24.3 Å². The highest BCUT2D eigenvalue weighted by atomic mass is 16.6. The van der Waals surface area contributed by atoms with Crippen LogP contribution in [0.4, 0.5) is 15.4 Å². The second-order valence-electron chi connectivity index (χ2n) is 8.09. The van der Waals surface area contributed by atoms with Gasteiger partial charge < -0.3 is 24.2 Å². The molecule has 11 nitrogen and oxygen atoms in total. The van der Waals surface area contributed by atoms with Gasteiger partial charge in [0.25, 0.3) is 0 Å². The molecule has 11 heteroatoms. The van der Waals surface area contributed by atoms with Crippen LogP contribution in [0.15, 0.2) is 31.1 Å². The smallest absolute Gasteiger partial charge is 0.410 e. The number of hydrogen-bond acceptors (Lipinski definition) is 8. The van der Waals surface area contributed by atoms with Gasteiger partial charge in [-0.25, -0.2) is 24.5 Å². The molecule has 1 unspecified atom stereocenters. The van der Waals surface area contributed by atoms with E-state index >= 15 is 0 Å². The van der Waals surface area contributed by atoms with Gasteiger partial charge in [0.05, 0.1) is 13.7 Å². The van der Waals surface area contributed by atoms with Crippen molar-refractivity contribution >= 4 is 17.9 Å². The topological polar surface area (TPSA) is 106 Å². The summed E-state index contributed by atoms with van der Waals surface area (Å²) in [5.41, 5.74) is 0. The van der Waals surface area contributed by atoms with Gasteiger partial charge in [-0.3, -0.25) is 4.57 Å². The van der Waals surface area contributed by atoms with Gasteiger partial charge in [-0.15, -0.1) is 0 Å². The molecule has 2 aromatic heterocycles. The molecule has 4 heterocycles. The quantitative estimate of drug-likeness (QED) is 0.705. The standard InChI is InChI=1S/C21H29N7O4/c1-25(16-5-9-26(10-6-16)18-12-19(31-2)24-14-23-18)21(30)32-17-4-3-8-27(13-17)20(29)28-11-7-22-15-28/h7,11-12,14-17H,3-6,8-10,13H2,1-2H3. The Labute approximate surface area is 186 Å². The molecule has 0 radical (unpaired) electrons. The molecule has 0 N–H and O–H groups in total. The summed E-state index contributed by atoms with van der Waals surface area (Å²) in [5.74, 6) is 1.36. The Bertz CT molecular complexity index is 915. The van der Waals surface area contributed by atoms with Crippen molar-refractivity contribution in [1.29, 1.82) is 0 Å². The van der Waals surface area contributed by atoms with Gasteiger partial charge in [0.2, 0.25) is 5.88 Å².